The molecule has 0 aliphatic carbocycles. The number of carbonyl (C=O) groups is 12. The summed E-state index contributed by atoms with van der Waals surface area (Å²) in [5, 5.41) is 63.7. The number of nitrogens with one attached hydrogen (secondary N) is 10. The van der Waals surface area contributed by atoms with Crippen molar-refractivity contribution in [3.05, 3.63) is 59.7 Å². The topological polar surface area (TPSA) is 500 Å². The average molecular weight is 1170 g/mol. The lowest BCUT2D eigenvalue weighted by Crippen LogP contribution is -2.59. The first kappa shape index (κ1) is 68.1. The van der Waals surface area contributed by atoms with Gasteiger partial charge in [0.25, 0.3) is 0 Å². The summed E-state index contributed by atoms with van der Waals surface area (Å²) in [5.74, 6) is -10.6. The highest BCUT2D eigenvalue weighted by molar-refractivity contribution is 5.98. The number of benzene rings is 2. The van der Waals surface area contributed by atoms with Crippen molar-refractivity contribution < 1.29 is 78.0 Å². The molecule has 1 aliphatic rings. The van der Waals surface area contributed by atoms with E-state index in [9.17, 15) is 78.0 Å². The molecular formula is C52H77N15O16. The molecule has 0 aromatic heterocycles. The number of carbonyl (C=O) groups excluding carboxylic acids is 12. The zero-order valence-corrected chi connectivity index (χ0v) is 46.5. The number of guanidine groups is 1. The molecule has 8 unspecified atom stereocenters. The second-order valence-corrected chi connectivity index (χ2v) is 19.9. The van der Waals surface area contributed by atoms with Gasteiger partial charge in [0.1, 0.15) is 59.8 Å². The summed E-state index contributed by atoms with van der Waals surface area (Å²) < 4.78 is 0. The van der Waals surface area contributed by atoms with Crippen LogP contribution in [0, 0.1) is 5.92 Å². The number of aromatic hydroxyl groups is 2. The third-order valence-corrected chi connectivity index (χ3v) is 12.5. The third-order valence-electron chi connectivity index (χ3n) is 12.5. The maximum atomic E-state index is 14.0. The third kappa shape index (κ3) is 24.2. The van der Waals surface area contributed by atoms with E-state index in [4.69, 9.17) is 17.2 Å². The van der Waals surface area contributed by atoms with Gasteiger partial charge < -0.3 is 95.7 Å². The number of hydrogen-bond acceptors (Lipinski definition) is 17. The molecule has 8 atom stereocenters. The van der Waals surface area contributed by atoms with E-state index >= 15 is 0 Å². The number of phenols is 2. The first-order chi connectivity index (χ1) is 39.2. The Bertz CT molecular complexity index is 2640. The molecule has 31 heteroatoms. The fourth-order valence-electron chi connectivity index (χ4n) is 8.34. The highest BCUT2D eigenvalue weighted by Crippen LogP contribution is 2.19. The molecule has 456 valence electrons. The zero-order valence-electron chi connectivity index (χ0n) is 46.5. The Morgan fingerprint density at radius 3 is 1.59 bits per heavy atom. The maximum absolute atomic E-state index is 14.0. The average Bonchev–Trinajstić information content (AvgIpc) is 4.05. The first-order valence-electron chi connectivity index (χ1n) is 26.5. The van der Waals surface area contributed by atoms with Crippen molar-refractivity contribution >= 4 is 76.8 Å². The van der Waals surface area contributed by atoms with Crippen LogP contribution in [0.4, 0.5) is 0 Å². The molecule has 2 aromatic rings. The van der Waals surface area contributed by atoms with Crippen molar-refractivity contribution in [2.45, 2.75) is 121 Å². The predicted octanol–water partition coefficient (Wildman–Crippen LogP) is -6.77. The van der Waals surface area contributed by atoms with E-state index in [0.29, 0.717) is 17.5 Å². The molecule has 1 aliphatic heterocycles. The van der Waals surface area contributed by atoms with Crippen molar-refractivity contribution in [2.24, 2.45) is 28.1 Å². The number of aliphatic imine (C=N–C) groups is 1. The van der Waals surface area contributed by atoms with E-state index in [1.165, 1.54) is 62.4 Å². The van der Waals surface area contributed by atoms with Crippen LogP contribution >= 0.6 is 0 Å². The Hall–Kier alpha value is -9.13. The normalized spacial score (nSPS) is 15.2. The zero-order chi connectivity index (χ0) is 61.9. The summed E-state index contributed by atoms with van der Waals surface area (Å²) in [6, 6.07) is 0.558. The van der Waals surface area contributed by atoms with Gasteiger partial charge in [-0.2, -0.15) is 0 Å². The molecule has 1 heterocycles. The summed E-state index contributed by atoms with van der Waals surface area (Å²) in [6.45, 7) is 2.15. The van der Waals surface area contributed by atoms with Crippen molar-refractivity contribution in [2.75, 3.05) is 45.9 Å². The highest BCUT2D eigenvalue weighted by Gasteiger charge is 2.38. The van der Waals surface area contributed by atoms with Gasteiger partial charge in [0, 0.05) is 32.9 Å². The Labute approximate surface area is 477 Å². The Morgan fingerprint density at radius 2 is 1.06 bits per heavy atom. The van der Waals surface area contributed by atoms with Crippen LogP contribution in [-0.2, 0) is 70.4 Å². The van der Waals surface area contributed by atoms with Crippen LogP contribution in [0.15, 0.2) is 53.5 Å². The minimum absolute atomic E-state index is 0.00970. The minimum Gasteiger partial charge on any atom is -0.508 e. The molecule has 31 nitrogen and oxygen atoms in total. The number of likely N-dealkylation sites (tertiary alicyclic amines) is 1. The SMILES string of the molecule is CC(=O)NC(CC(C)C)C(=O)NC(Cc1ccc(O)cc1)C(=O)NC(CCCN=C(N)N)C(=O)NC(C)C(=O)NC(CO)C(=O)NCC(=O)NC(CO)C(=O)N1CCCC1C(=O)NCC(=O)NC(Cc1ccc(O)cc1)C(=O)NCC(N)=O. The number of rotatable bonds is 33. The van der Waals surface area contributed by atoms with Crippen LogP contribution in [0.5, 0.6) is 11.5 Å². The van der Waals surface area contributed by atoms with Gasteiger partial charge in [-0.1, -0.05) is 38.1 Å². The second-order valence-electron chi connectivity index (χ2n) is 19.9. The van der Waals surface area contributed by atoms with E-state index in [0.717, 1.165) is 4.90 Å². The molecule has 0 radical (unpaired) electrons. The number of aliphatic hydroxyl groups is 2. The van der Waals surface area contributed by atoms with Gasteiger partial charge in [-0.3, -0.25) is 62.5 Å². The quantitative estimate of drug-likeness (QED) is 0.0179. The highest BCUT2D eigenvalue weighted by atomic mass is 16.3. The number of nitrogens with two attached hydrogens (primary N) is 3. The van der Waals surface area contributed by atoms with E-state index < -0.39 is 152 Å². The molecule has 0 bridgehead atoms. The van der Waals surface area contributed by atoms with E-state index in [-0.39, 0.29) is 75.0 Å². The van der Waals surface area contributed by atoms with Crippen LogP contribution in [0.3, 0.4) is 0 Å². The molecule has 1 fully saturated rings. The monoisotopic (exact) mass is 1170 g/mol. The smallest absolute Gasteiger partial charge is 0.248 e. The number of hydrogen-bond donors (Lipinski definition) is 17. The molecule has 1 saturated heterocycles. The summed E-state index contributed by atoms with van der Waals surface area (Å²) in [4.78, 5) is 162. The van der Waals surface area contributed by atoms with Crippen molar-refractivity contribution in [1.29, 1.82) is 0 Å². The van der Waals surface area contributed by atoms with Crippen molar-refractivity contribution in [3.63, 3.8) is 0 Å². The predicted molar refractivity (Wildman–Crippen MR) is 295 cm³/mol. The van der Waals surface area contributed by atoms with Crippen molar-refractivity contribution in [3.8, 4) is 11.5 Å². The van der Waals surface area contributed by atoms with Gasteiger partial charge in [0.05, 0.1) is 32.8 Å². The fourth-order valence-corrected chi connectivity index (χ4v) is 8.34. The van der Waals surface area contributed by atoms with Gasteiger partial charge in [-0.05, 0) is 80.3 Å². The second kappa shape index (κ2) is 34.2. The van der Waals surface area contributed by atoms with Crippen LogP contribution in [0.25, 0.3) is 0 Å². The Balaban J connectivity index is 1.62. The standard InChI is InChI=1S/C52H77N15O16/c1-27(2)19-35(61-29(4)70)48(80)65-37(21-31-11-15-33(72)16-12-31)49(81)64-34(7-5-17-56-52(54)55)47(79)60-28(3)44(76)66-38(25-68)46(78)58-23-43(75)63-39(26-69)51(83)67-18-6-8-40(67)50(82)59-24-42(74)62-36(45(77)57-22-41(53)73)20-30-9-13-32(71)14-10-30/h9-16,27-28,34-40,68-69,71-72H,5-8,17-26H2,1-4H3,(H2,53,73)(H,57,77)(H,58,78)(H,59,82)(H,60,79)(H,61,70)(H,62,74)(H,63,75)(H,64,81)(H,65,80)(H,66,76)(H4,54,55,56). The number of primary amides is 1. The number of aliphatic hydroxyl groups excluding tert-OH is 2. The summed E-state index contributed by atoms with van der Waals surface area (Å²) in [6.07, 6.45) is 0.464. The van der Waals surface area contributed by atoms with Crippen LogP contribution in [0.1, 0.15) is 70.9 Å². The Kier molecular flexibility index (Phi) is 28.1. The Morgan fingerprint density at radius 1 is 0.578 bits per heavy atom. The maximum Gasteiger partial charge on any atom is 0.248 e. The fraction of sp³-hybridized carbons (Fsp3) is 0.519. The number of amides is 12. The lowest BCUT2D eigenvalue weighted by Gasteiger charge is -2.28. The molecule has 12 amide bonds. The largest absolute Gasteiger partial charge is 0.508 e. The minimum atomic E-state index is -1.71. The molecule has 83 heavy (non-hydrogen) atoms. The molecule has 2 aromatic carbocycles. The van der Waals surface area contributed by atoms with Crippen LogP contribution in [-0.4, -0.2) is 196 Å². The number of nitrogens with zero attached hydrogens (tertiary/aromatic N) is 2. The molecule has 0 saturated carbocycles. The van der Waals surface area contributed by atoms with E-state index in [1.54, 1.807) is 0 Å². The van der Waals surface area contributed by atoms with E-state index in [2.05, 4.69) is 58.2 Å². The molecule has 20 N–H and O–H groups in total. The lowest BCUT2D eigenvalue weighted by molar-refractivity contribution is -0.142. The molecular weight excluding hydrogens is 1090 g/mol. The van der Waals surface area contributed by atoms with E-state index in [1.807, 2.05) is 13.8 Å². The summed E-state index contributed by atoms with van der Waals surface area (Å²) in [7, 11) is 0. The first-order valence-corrected chi connectivity index (χ1v) is 26.5. The summed E-state index contributed by atoms with van der Waals surface area (Å²) >= 11 is 0. The lowest BCUT2D eigenvalue weighted by atomic mass is 10.0. The van der Waals surface area contributed by atoms with Gasteiger partial charge in [-0.15, -0.1) is 0 Å². The van der Waals surface area contributed by atoms with Gasteiger partial charge in [-0.25, -0.2) is 0 Å². The van der Waals surface area contributed by atoms with Gasteiger partial charge in [0.2, 0.25) is 70.9 Å². The summed E-state index contributed by atoms with van der Waals surface area (Å²) in [5.41, 5.74) is 17.1. The van der Waals surface area contributed by atoms with Crippen LogP contribution in [0.2, 0.25) is 0 Å². The van der Waals surface area contributed by atoms with Gasteiger partial charge >= 0.3 is 0 Å². The number of phenolic OH excluding ortho intramolecular Hbond substituents is 2. The molecule has 3 rings (SSSR count). The molecule has 0 spiro atoms. The van der Waals surface area contributed by atoms with Gasteiger partial charge in [0.15, 0.2) is 5.96 Å². The van der Waals surface area contributed by atoms with Crippen LogP contribution < -0.4 is 70.4 Å². The van der Waals surface area contributed by atoms with Crippen molar-refractivity contribution in [1.82, 2.24) is 58.1 Å².